The topological polar surface area (TPSA) is 110 Å². The number of unbranched alkanes of at least 4 members (excludes halogenated alkanes) is 5. The molecule has 4 aromatic rings. The van der Waals surface area contributed by atoms with E-state index in [0.29, 0.717) is 40.3 Å². The van der Waals surface area contributed by atoms with E-state index >= 15 is 0 Å². The van der Waals surface area contributed by atoms with Gasteiger partial charge < -0.3 is 24.4 Å². The number of benzene rings is 4. The quantitative estimate of drug-likeness (QED) is 0.0765. The van der Waals surface area contributed by atoms with Crippen molar-refractivity contribution in [3.05, 3.63) is 102 Å². The van der Waals surface area contributed by atoms with Crippen molar-refractivity contribution in [1.82, 2.24) is 4.90 Å². The molecule has 2 N–H and O–H groups in total. The number of nitrogens with zero attached hydrogens (tertiary/aromatic N) is 1. The number of rotatable bonds is 18. The van der Waals surface area contributed by atoms with Gasteiger partial charge in [-0.2, -0.15) is 0 Å². The second kappa shape index (κ2) is 19.7. The third-order valence-electron chi connectivity index (χ3n) is 8.08. The molecule has 0 aromatic heterocycles. The van der Waals surface area contributed by atoms with Gasteiger partial charge in [0.15, 0.2) is 0 Å². The van der Waals surface area contributed by atoms with Gasteiger partial charge in [-0.1, -0.05) is 94.1 Å². The summed E-state index contributed by atoms with van der Waals surface area (Å²) >= 11 is 1.18. The standard InChI is InChI=1S/C38H47NO6S2.Na/c1-4-6-8-9-12-23-39(3)27-28-15-21-35(40)34(25-28)38(41)33-14-11-10-13-32(33)29-16-22-36(37(26-29)47(42,43)44)46-31-19-17-30(18-20-31)45-24-7-5-2;/h10-11,13-22,25-26,38,40-41H,4-9,12,23-24,27H2,1-3H3,(H,42,43,44);/q;+1/p-1. The first-order valence-electron chi connectivity index (χ1n) is 16.4. The molecule has 0 fully saturated rings. The van der Waals surface area contributed by atoms with Gasteiger partial charge in [-0.15, -0.1) is 0 Å². The van der Waals surface area contributed by atoms with E-state index in [1.807, 2.05) is 36.4 Å². The molecule has 0 heterocycles. The molecular weight excluding hydrogens is 654 g/mol. The van der Waals surface area contributed by atoms with Crippen molar-refractivity contribution in [3.8, 4) is 22.6 Å². The number of phenolic OH excluding ortho intramolecular Hbond substituents is 1. The second-order valence-electron chi connectivity index (χ2n) is 11.9. The third-order valence-corrected chi connectivity index (χ3v) is 10.2. The average Bonchev–Trinajstić information content (AvgIpc) is 3.06. The first-order valence-corrected chi connectivity index (χ1v) is 18.6. The summed E-state index contributed by atoms with van der Waals surface area (Å²) < 4.78 is 43.1. The first kappa shape index (κ1) is 40.1. The minimum atomic E-state index is -4.83. The van der Waals surface area contributed by atoms with Crippen LogP contribution in [0.3, 0.4) is 0 Å². The Morgan fingerprint density at radius 1 is 0.854 bits per heavy atom. The van der Waals surface area contributed by atoms with Crippen molar-refractivity contribution in [2.24, 2.45) is 0 Å². The SMILES string of the molecule is CCCCCCCN(C)Cc1ccc(O)c(C(O)c2ccccc2-c2ccc(Sc3ccc(OCCCC)cc3)c(S(=O)(=O)[O-])c2)c1.[Na+]. The van der Waals surface area contributed by atoms with Crippen LogP contribution in [0.2, 0.25) is 0 Å². The van der Waals surface area contributed by atoms with Gasteiger partial charge in [-0.05, 0) is 97.2 Å². The molecule has 4 aromatic carbocycles. The summed E-state index contributed by atoms with van der Waals surface area (Å²) in [5.74, 6) is 0.695. The van der Waals surface area contributed by atoms with Crippen LogP contribution >= 0.6 is 11.8 Å². The minimum absolute atomic E-state index is 0. The van der Waals surface area contributed by atoms with E-state index < -0.39 is 16.2 Å². The van der Waals surface area contributed by atoms with Crippen LogP contribution in [0.5, 0.6) is 11.5 Å². The van der Waals surface area contributed by atoms with Gasteiger partial charge in [-0.25, -0.2) is 8.42 Å². The van der Waals surface area contributed by atoms with Crippen LogP contribution in [-0.2, 0) is 16.7 Å². The monoisotopic (exact) mass is 699 g/mol. The zero-order valence-corrected chi connectivity index (χ0v) is 32.2. The maximum Gasteiger partial charge on any atom is 1.00 e. The largest absolute Gasteiger partial charge is 1.00 e. The predicted molar refractivity (Wildman–Crippen MR) is 188 cm³/mol. The van der Waals surface area contributed by atoms with E-state index in [4.69, 9.17) is 4.74 Å². The van der Waals surface area contributed by atoms with Crippen LogP contribution in [0.4, 0.5) is 0 Å². The molecule has 0 saturated heterocycles. The fourth-order valence-electron chi connectivity index (χ4n) is 5.48. The van der Waals surface area contributed by atoms with E-state index in [9.17, 15) is 23.2 Å². The summed E-state index contributed by atoms with van der Waals surface area (Å²) in [4.78, 5) is 2.97. The van der Waals surface area contributed by atoms with Gasteiger partial charge in [0.25, 0.3) is 0 Å². The first-order chi connectivity index (χ1) is 22.6. The fourth-order valence-corrected chi connectivity index (χ4v) is 7.32. The third kappa shape index (κ3) is 11.6. The normalized spacial score (nSPS) is 12.1. The number of hydrogen-bond acceptors (Lipinski definition) is 8. The van der Waals surface area contributed by atoms with Gasteiger partial charge in [0, 0.05) is 21.9 Å². The van der Waals surface area contributed by atoms with Crippen molar-refractivity contribution in [2.45, 2.75) is 86.1 Å². The molecule has 4 rings (SSSR count). The molecule has 1 unspecified atom stereocenters. The van der Waals surface area contributed by atoms with Crippen LogP contribution in [0.25, 0.3) is 11.1 Å². The Bertz CT molecular complexity index is 1700. The van der Waals surface area contributed by atoms with Crippen LogP contribution in [0, 0.1) is 0 Å². The van der Waals surface area contributed by atoms with Crippen molar-refractivity contribution in [2.75, 3.05) is 20.2 Å². The molecule has 0 amide bonds. The molecule has 0 spiro atoms. The summed E-state index contributed by atoms with van der Waals surface area (Å²) in [6, 6.07) is 24.4. The van der Waals surface area contributed by atoms with Gasteiger partial charge in [0.1, 0.15) is 27.7 Å². The molecule has 252 valence electrons. The van der Waals surface area contributed by atoms with Gasteiger partial charge in [0.05, 0.1) is 11.5 Å². The molecule has 1 atom stereocenters. The van der Waals surface area contributed by atoms with E-state index in [2.05, 4.69) is 25.8 Å². The van der Waals surface area contributed by atoms with Crippen LogP contribution in [0.15, 0.2) is 99.6 Å². The molecule has 0 saturated carbocycles. The number of aliphatic hydroxyl groups is 1. The summed E-state index contributed by atoms with van der Waals surface area (Å²) in [6.07, 6.45) is 6.83. The predicted octanol–water partition coefficient (Wildman–Crippen LogP) is 5.78. The molecule has 0 aliphatic rings. The van der Waals surface area contributed by atoms with Gasteiger partial charge >= 0.3 is 29.6 Å². The zero-order chi connectivity index (χ0) is 33.8. The van der Waals surface area contributed by atoms with Crippen molar-refractivity contribution in [3.63, 3.8) is 0 Å². The second-order valence-corrected chi connectivity index (χ2v) is 14.4. The van der Waals surface area contributed by atoms with Crippen LogP contribution in [0.1, 0.15) is 81.6 Å². The number of hydrogen-bond donors (Lipinski definition) is 2. The molecule has 10 heteroatoms. The van der Waals surface area contributed by atoms with Crippen molar-refractivity contribution < 1.29 is 57.5 Å². The summed E-state index contributed by atoms with van der Waals surface area (Å²) in [5, 5.41) is 22.4. The minimum Gasteiger partial charge on any atom is -0.744 e. The number of ether oxygens (including phenoxy) is 1. The summed E-state index contributed by atoms with van der Waals surface area (Å²) in [7, 11) is -2.76. The molecule has 0 radical (unpaired) electrons. The Hall–Kier alpha value is -2.34. The Morgan fingerprint density at radius 3 is 2.27 bits per heavy atom. The maximum absolute atomic E-state index is 12.5. The summed E-state index contributed by atoms with van der Waals surface area (Å²) in [6.45, 7) is 6.56. The number of aromatic hydroxyl groups is 1. The zero-order valence-electron chi connectivity index (χ0n) is 28.5. The van der Waals surface area contributed by atoms with Crippen LogP contribution in [-0.4, -0.2) is 48.3 Å². The Labute approximate surface area is 312 Å². The van der Waals surface area contributed by atoms with E-state index in [-0.39, 0.29) is 40.2 Å². The van der Waals surface area contributed by atoms with Gasteiger partial charge in [0.2, 0.25) is 0 Å². The molecule has 0 bridgehead atoms. The van der Waals surface area contributed by atoms with Gasteiger partial charge in [-0.3, -0.25) is 0 Å². The van der Waals surface area contributed by atoms with E-state index in [1.54, 1.807) is 42.5 Å². The van der Waals surface area contributed by atoms with E-state index in [0.717, 1.165) is 42.0 Å². The molecule has 0 aliphatic heterocycles. The smallest absolute Gasteiger partial charge is 0.744 e. The number of aliphatic hydroxyl groups excluding tert-OH is 1. The Morgan fingerprint density at radius 2 is 1.56 bits per heavy atom. The summed E-state index contributed by atoms with van der Waals surface area (Å²) in [5.41, 5.74) is 2.84. The maximum atomic E-state index is 12.5. The van der Waals surface area contributed by atoms with E-state index in [1.165, 1.54) is 43.5 Å². The Kier molecular flexibility index (Phi) is 16.5. The number of phenols is 1. The van der Waals surface area contributed by atoms with Crippen molar-refractivity contribution >= 4 is 21.9 Å². The fraction of sp³-hybridized carbons (Fsp3) is 0.368. The molecule has 7 nitrogen and oxygen atoms in total. The van der Waals surface area contributed by atoms with Crippen molar-refractivity contribution in [1.29, 1.82) is 0 Å². The Balaban J connectivity index is 0.00000625. The van der Waals surface area contributed by atoms with Crippen LogP contribution < -0.4 is 34.3 Å². The molecule has 48 heavy (non-hydrogen) atoms. The molecular formula is C38H46NNaO6S2. The average molecular weight is 700 g/mol. The molecule has 0 aliphatic carbocycles.